The van der Waals surface area contributed by atoms with Gasteiger partial charge in [0.25, 0.3) is 0 Å². The van der Waals surface area contributed by atoms with Crippen molar-refractivity contribution in [2.45, 2.75) is 32.1 Å². The lowest BCUT2D eigenvalue weighted by molar-refractivity contribution is -0.129. The Labute approximate surface area is 140 Å². The number of piperidine rings is 1. The van der Waals surface area contributed by atoms with Crippen LogP contribution in [0.5, 0.6) is 0 Å². The molecule has 1 aromatic carbocycles. The molecule has 1 aliphatic rings. The van der Waals surface area contributed by atoms with Gasteiger partial charge in [-0.1, -0.05) is 17.7 Å². The van der Waals surface area contributed by atoms with E-state index in [0.29, 0.717) is 36.1 Å². The molecule has 0 bridgehead atoms. The molecule has 3 amide bonds. The highest BCUT2D eigenvalue weighted by atomic mass is 35.5. The van der Waals surface area contributed by atoms with Crippen LogP contribution in [0, 0.1) is 5.92 Å². The number of anilines is 1. The summed E-state index contributed by atoms with van der Waals surface area (Å²) in [5.74, 6) is 0.181. The number of nitrogens with zero attached hydrogens (tertiary/aromatic N) is 1. The Hall–Kier alpha value is -1.79. The van der Waals surface area contributed by atoms with E-state index >= 15 is 0 Å². The maximum absolute atomic E-state index is 12.2. The van der Waals surface area contributed by atoms with Crippen molar-refractivity contribution in [2.75, 3.05) is 18.4 Å². The number of hydroxylamine groups is 1. The lowest BCUT2D eigenvalue weighted by Gasteiger charge is -2.32. The second kappa shape index (κ2) is 8.74. The van der Waals surface area contributed by atoms with E-state index in [1.165, 1.54) is 0 Å². The summed E-state index contributed by atoms with van der Waals surface area (Å²) in [6.45, 7) is 1.42. The number of carbonyl (C=O) groups excluding carboxylic acids is 2. The Bertz CT molecular complexity index is 545. The van der Waals surface area contributed by atoms with Gasteiger partial charge >= 0.3 is 6.03 Å². The van der Waals surface area contributed by atoms with Crippen LogP contribution >= 0.6 is 11.6 Å². The molecule has 6 nitrogen and oxygen atoms in total. The smallest absolute Gasteiger partial charge is 0.321 e. The summed E-state index contributed by atoms with van der Waals surface area (Å²) in [4.78, 5) is 25.0. The van der Waals surface area contributed by atoms with E-state index in [-0.39, 0.29) is 11.9 Å². The number of benzene rings is 1. The number of halogens is 1. The Morgan fingerprint density at radius 3 is 2.70 bits per heavy atom. The van der Waals surface area contributed by atoms with Crippen molar-refractivity contribution in [3.05, 3.63) is 29.3 Å². The molecule has 23 heavy (non-hydrogen) atoms. The Morgan fingerprint density at radius 1 is 1.30 bits per heavy atom. The van der Waals surface area contributed by atoms with Crippen LogP contribution in [0.1, 0.15) is 32.1 Å². The van der Waals surface area contributed by atoms with Crippen LogP contribution in [0.15, 0.2) is 24.3 Å². The van der Waals surface area contributed by atoms with Crippen molar-refractivity contribution in [3.63, 3.8) is 0 Å². The van der Waals surface area contributed by atoms with Gasteiger partial charge in [-0.2, -0.15) is 0 Å². The van der Waals surface area contributed by atoms with Crippen molar-refractivity contribution < 1.29 is 14.8 Å². The number of amides is 3. The molecule has 1 heterocycles. The van der Waals surface area contributed by atoms with Crippen LogP contribution in [-0.2, 0) is 4.79 Å². The van der Waals surface area contributed by atoms with Crippen LogP contribution in [0.3, 0.4) is 0 Å². The first-order valence-electron chi connectivity index (χ1n) is 7.83. The van der Waals surface area contributed by atoms with Gasteiger partial charge in [0.2, 0.25) is 5.91 Å². The van der Waals surface area contributed by atoms with E-state index in [1.807, 2.05) is 6.07 Å². The van der Waals surface area contributed by atoms with Gasteiger partial charge in [0.05, 0.1) is 0 Å². The molecule has 3 N–H and O–H groups in total. The zero-order valence-electron chi connectivity index (χ0n) is 12.9. The van der Waals surface area contributed by atoms with E-state index < -0.39 is 0 Å². The molecule has 0 radical (unpaired) electrons. The van der Waals surface area contributed by atoms with Crippen LogP contribution < -0.4 is 10.8 Å². The quantitative estimate of drug-likeness (QED) is 0.569. The summed E-state index contributed by atoms with van der Waals surface area (Å²) in [6, 6.07) is 6.98. The molecule has 0 spiro atoms. The first kappa shape index (κ1) is 17.6. The number of likely N-dealkylation sites (tertiary alicyclic amines) is 1. The topological polar surface area (TPSA) is 81.7 Å². The number of nitrogens with one attached hydrogen (secondary N) is 2. The van der Waals surface area contributed by atoms with Gasteiger partial charge in [-0.25, -0.2) is 10.3 Å². The second-order valence-electron chi connectivity index (χ2n) is 5.80. The Morgan fingerprint density at radius 2 is 2.04 bits per heavy atom. The number of hydrogen-bond donors (Lipinski definition) is 3. The summed E-state index contributed by atoms with van der Waals surface area (Å²) in [5, 5.41) is 11.9. The molecule has 7 heteroatoms. The SMILES string of the molecule is O=C(CCCC1CCN(C(=O)Nc2cccc(Cl)c2)CC1)NO. The van der Waals surface area contributed by atoms with E-state index in [1.54, 1.807) is 28.6 Å². The van der Waals surface area contributed by atoms with Crippen LogP contribution in [0.4, 0.5) is 10.5 Å². The van der Waals surface area contributed by atoms with Gasteiger partial charge < -0.3 is 10.2 Å². The maximum atomic E-state index is 12.2. The van der Waals surface area contributed by atoms with Gasteiger partial charge in [-0.15, -0.1) is 0 Å². The van der Waals surface area contributed by atoms with Crippen molar-refractivity contribution in [1.29, 1.82) is 0 Å². The Balaban J connectivity index is 1.71. The highest BCUT2D eigenvalue weighted by Crippen LogP contribution is 2.23. The van der Waals surface area contributed by atoms with Gasteiger partial charge in [-0.3, -0.25) is 10.0 Å². The Kier molecular flexibility index (Phi) is 6.67. The molecule has 1 aromatic rings. The van der Waals surface area contributed by atoms with E-state index in [0.717, 1.165) is 25.7 Å². The van der Waals surface area contributed by atoms with Gasteiger partial charge in [0, 0.05) is 30.2 Å². The zero-order chi connectivity index (χ0) is 16.7. The summed E-state index contributed by atoms with van der Waals surface area (Å²) < 4.78 is 0. The minimum absolute atomic E-state index is 0.106. The molecule has 0 atom stereocenters. The lowest BCUT2D eigenvalue weighted by atomic mass is 9.91. The summed E-state index contributed by atoms with van der Waals surface area (Å²) in [5.41, 5.74) is 2.34. The number of hydrogen-bond acceptors (Lipinski definition) is 3. The monoisotopic (exact) mass is 339 g/mol. The largest absolute Gasteiger partial charge is 0.325 e. The minimum atomic E-state index is -0.344. The van der Waals surface area contributed by atoms with Crippen molar-refractivity contribution in [2.24, 2.45) is 5.92 Å². The first-order valence-corrected chi connectivity index (χ1v) is 8.20. The maximum Gasteiger partial charge on any atom is 0.321 e. The lowest BCUT2D eigenvalue weighted by Crippen LogP contribution is -2.41. The third-order valence-corrected chi connectivity index (χ3v) is 4.35. The highest BCUT2D eigenvalue weighted by Gasteiger charge is 2.22. The molecule has 0 aliphatic carbocycles. The van der Waals surface area contributed by atoms with Crippen molar-refractivity contribution in [3.8, 4) is 0 Å². The van der Waals surface area contributed by atoms with Crippen LogP contribution in [0.2, 0.25) is 5.02 Å². The average molecular weight is 340 g/mol. The molecular weight excluding hydrogens is 318 g/mol. The average Bonchev–Trinajstić information content (AvgIpc) is 2.55. The highest BCUT2D eigenvalue weighted by molar-refractivity contribution is 6.30. The number of urea groups is 1. The fourth-order valence-corrected chi connectivity index (χ4v) is 2.99. The summed E-state index contributed by atoms with van der Waals surface area (Å²) >= 11 is 5.91. The fourth-order valence-electron chi connectivity index (χ4n) is 2.80. The number of carbonyl (C=O) groups is 2. The molecular formula is C16H22ClN3O3. The molecule has 126 valence electrons. The normalized spacial score (nSPS) is 15.3. The molecule has 0 unspecified atom stereocenters. The van der Waals surface area contributed by atoms with Crippen molar-refractivity contribution >= 4 is 29.2 Å². The van der Waals surface area contributed by atoms with Crippen LogP contribution in [0.25, 0.3) is 0 Å². The predicted octanol–water partition coefficient (Wildman–Crippen LogP) is 3.26. The van der Waals surface area contributed by atoms with Crippen molar-refractivity contribution in [1.82, 2.24) is 10.4 Å². The molecule has 1 aliphatic heterocycles. The summed E-state index contributed by atoms with van der Waals surface area (Å²) in [7, 11) is 0. The molecule has 0 aromatic heterocycles. The van der Waals surface area contributed by atoms with E-state index in [9.17, 15) is 9.59 Å². The first-order chi connectivity index (χ1) is 11.1. The van der Waals surface area contributed by atoms with Crippen LogP contribution in [-0.4, -0.2) is 35.1 Å². The van der Waals surface area contributed by atoms with Gasteiger partial charge in [0.15, 0.2) is 0 Å². The molecule has 0 saturated carbocycles. The third-order valence-electron chi connectivity index (χ3n) is 4.12. The molecule has 1 fully saturated rings. The van der Waals surface area contributed by atoms with Gasteiger partial charge in [-0.05, 0) is 49.8 Å². The zero-order valence-corrected chi connectivity index (χ0v) is 13.7. The molecule has 2 rings (SSSR count). The van der Waals surface area contributed by atoms with Gasteiger partial charge in [0.1, 0.15) is 0 Å². The number of rotatable bonds is 5. The minimum Gasteiger partial charge on any atom is -0.325 e. The third kappa shape index (κ3) is 5.73. The van der Waals surface area contributed by atoms with E-state index in [4.69, 9.17) is 16.8 Å². The van der Waals surface area contributed by atoms with E-state index in [2.05, 4.69) is 5.32 Å². The summed E-state index contributed by atoms with van der Waals surface area (Å²) in [6.07, 6.45) is 3.91. The predicted molar refractivity (Wildman–Crippen MR) is 88.5 cm³/mol. The standard InChI is InChI=1S/C16H22ClN3O3/c17-13-4-2-5-14(11-13)18-16(22)20-9-7-12(8-10-20)3-1-6-15(21)19-23/h2,4-5,11-12,23H,1,3,6-10H2,(H,18,22)(H,19,21). The molecule has 1 saturated heterocycles. The second-order valence-corrected chi connectivity index (χ2v) is 6.23. The fraction of sp³-hybridized carbons (Fsp3) is 0.500.